The van der Waals surface area contributed by atoms with Crippen LogP contribution in [0.25, 0.3) is 0 Å². The van der Waals surface area contributed by atoms with Gasteiger partial charge in [0.2, 0.25) is 11.8 Å². The molecule has 0 bridgehead atoms. The zero-order chi connectivity index (χ0) is 36.1. The summed E-state index contributed by atoms with van der Waals surface area (Å²) in [7, 11) is 3.54. The van der Waals surface area contributed by atoms with Gasteiger partial charge in [0.15, 0.2) is 0 Å². The number of aliphatic imine (C=N–C) groups is 1. The molecular weight excluding hydrogens is 611 g/mol. The Bertz CT molecular complexity index is 930. The molecule has 1 rings (SSSR count). The maximum Gasteiger partial charge on any atom is 0.244 e. The monoisotopic (exact) mass is 682 g/mol. The van der Waals surface area contributed by atoms with Crippen molar-refractivity contribution in [2.24, 2.45) is 16.3 Å². The van der Waals surface area contributed by atoms with E-state index in [1.54, 1.807) is 37.0 Å². The van der Waals surface area contributed by atoms with Crippen LogP contribution in [-0.2, 0) is 19.1 Å². The van der Waals surface area contributed by atoms with E-state index >= 15 is 0 Å². The number of thioether (sulfide) groups is 1. The van der Waals surface area contributed by atoms with Crippen molar-refractivity contribution in [3.63, 3.8) is 0 Å². The van der Waals surface area contributed by atoms with Gasteiger partial charge in [-0.3, -0.25) is 24.5 Å². The Morgan fingerprint density at radius 1 is 1.09 bits per heavy atom. The molecule has 2 amide bonds. The number of rotatable bonds is 20. The molecule has 0 aromatic rings. The molecular formula is C37H71N5O4S. The fraction of sp³-hybridized carbons (Fsp3) is 0.757. The summed E-state index contributed by atoms with van der Waals surface area (Å²) in [5.41, 5.74) is 0.376. The molecule has 274 valence electrons. The number of hydrogen-bond acceptors (Lipinski definition) is 8. The van der Waals surface area contributed by atoms with Crippen LogP contribution >= 0.6 is 11.8 Å². The van der Waals surface area contributed by atoms with Crippen LogP contribution < -0.4 is 5.84 Å². The summed E-state index contributed by atoms with van der Waals surface area (Å²) in [5.74, 6) is 6.13. The highest BCUT2D eigenvalue weighted by molar-refractivity contribution is 8.14. The predicted octanol–water partition coefficient (Wildman–Crippen LogP) is 7.84. The van der Waals surface area contributed by atoms with Crippen LogP contribution in [0.4, 0.5) is 0 Å². The lowest BCUT2D eigenvalue weighted by molar-refractivity contribution is -0.143. The molecule has 0 saturated carbocycles. The molecule has 2 N–H and O–H groups in total. The van der Waals surface area contributed by atoms with E-state index in [0.717, 1.165) is 76.6 Å². The molecule has 1 aliphatic rings. The fourth-order valence-electron chi connectivity index (χ4n) is 4.80. The number of amides is 2. The van der Waals surface area contributed by atoms with Crippen molar-refractivity contribution in [2.45, 2.75) is 119 Å². The normalized spacial score (nSPS) is 15.1. The fourth-order valence-corrected chi connectivity index (χ4v) is 5.85. The molecule has 0 aliphatic carbocycles. The van der Waals surface area contributed by atoms with Crippen LogP contribution in [0.5, 0.6) is 0 Å². The zero-order valence-electron chi connectivity index (χ0n) is 32.0. The predicted molar refractivity (Wildman–Crippen MR) is 203 cm³/mol. The second kappa shape index (κ2) is 30.1. The first-order valence-corrected chi connectivity index (χ1v) is 18.7. The Kier molecular flexibility index (Phi) is 30.2. The van der Waals surface area contributed by atoms with Gasteiger partial charge in [-0.15, -0.1) is 0 Å². The zero-order valence-corrected chi connectivity index (χ0v) is 32.8. The lowest BCUT2D eigenvalue weighted by atomic mass is 9.91. The summed E-state index contributed by atoms with van der Waals surface area (Å²) in [6, 6.07) is 0. The summed E-state index contributed by atoms with van der Waals surface area (Å²) in [6.07, 6.45) is 18.0. The van der Waals surface area contributed by atoms with Crippen molar-refractivity contribution in [2.75, 3.05) is 60.2 Å². The number of unbranched alkanes of at least 4 members (excludes halogenated alkanes) is 4. The lowest BCUT2D eigenvalue weighted by Crippen LogP contribution is -2.53. The van der Waals surface area contributed by atoms with Gasteiger partial charge < -0.3 is 14.4 Å². The number of carbonyl (C=O) groups is 2. The molecule has 1 aliphatic heterocycles. The minimum absolute atomic E-state index is 0.124. The SMILES string of the molecule is C/C=C\C/C(=C\C=C\N(CC(C)(C)C(=O)N(N)C(CC)SC(CCCCCCCOC)=NC)C(C)=O)CN1CCOCC1.CC.CC. The number of carbonyl (C=O) groups excluding carboxylic acids is 2. The number of nitrogens with zero attached hydrogens (tertiary/aromatic N) is 4. The second-order valence-corrected chi connectivity index (χ2v) is 12.9. The Morgan fingerprint density at radius 2 is 1.70 bits per heavy atom. The van der Waals surface area contributed by atoms with Crippen molar-refractivity contribution in [3.05, 3.63) is 36.1 Å². The number of hydrogen-bond donors (Lipinski definition) is 1. The summed E-state index contributed by atoms with van der Waals surface area (Å²) in [4.78, 5) is 34.7. The molecule has 10 heteroatoms. The van der Waals surface area contributed by atoms with Gasteiger partial charge >= 0.3 is 0 Å². The van der Waals surface area contributed by atoms with Crippen LogP contribution in [0, 0.1) is 5.41 Å². The van der Waals surface area contributed by atoms with Gasteiger partial charge in [0.05, 0.1) is 29.0 Å². The Morgan fingerprint density at radius 3 is 2.26 bits per heavy atom. The number of nitrogens with two attached hydrogens (primary N) is 1. The molecule has 0 aromatic heterocycles. The molecule has 1 heterocycles. The van der Waals surface area contributed by atoms with Crippen LogP contribution in [0.3, 0.4) is 0 Å². The van der Waals surface area contributed by atoms with E-state index in [0.29, 0.717) is 6.42 Å². The summed E-state index contributed by atoms with van der Waals surface area (Å²) in [6.45, 7) is 22.5. The first-order valence-electron chi connectivity index (χ1n) is 17.8. The number of methoxy groups -OCH3 is 1. The molecule has 0 aromatic carbocycles. The Balaban J connectivity index is 0. The van der Waals surface area contributed by atoms with Crippen LogP contribution in [0.15, 0.2) is 41.1 Å². The maximum atomic E-state index is 13.6. The average Bonchev–Trinajstić information content (AvgIpc) is 3.09. The summed E-state index contributed by atoms with van der Waals surface area (Å²) in [5, 5.41) is 2.13. The van der Waals surface area contributed by atoms with Crippen molar-refractivity contribution in [1.82, 2.24) is 14.8 Å². The quantitative estimate of drug-likeness (QED) is 0.0161. The molecule has 47 heavy (non-hydrogen) atoms. The Hall–Kier alpha value is -1.98. The molecule has 9 nitrogen and oxygen atoms in total. The van der Waals surface area contributed by atoms with Gasteiger partial charge in [-0.05, 0) is 59.0 Å². The van der Waals surface area contributed by atoms with Gasteiger partial charge in [-0.1, -0.05) is 89.4 Å². The van der Waals surface area contributed by atoms with E-state index in [4.69, 9.17) is 15.3 Å². The first-order chi connectivity index (χ1) is 22.6. The third kappa shape index (κ3) is 21.6. The van der Waals surface area contributed by atoms with Crippen molar-refractivity contribution in [3.8, 4) is 0 Å². The van der Waals surface area contributed by atoms with Crippen LogP contribution in [-0.4, -0.2) is 97.2 Å². The average molecular weight is 682 g/mol. The molecule has 1 unspecified atom stereocenters. The van der Waals surface area contributed by atoms with Gasteiger partial charge in [0, 0.05) is 60.1 Å². The lowest BCUT2D eigenvalue weighted by Gasteiger charge is -2.35. The molecule has 1 atom stereocenters. The third-order valence-electron chi connectivity index (χ3n) is 7.45. The van der Waals surface area contributed by atoms with E-state index in [2.05, 4.69) is 28.1 Å². The number of hydrazine groups is 1. The van der Waals surface area contributed by atoms with Crippen LogP contribution in [0.2, 0.25) is 0 Å². The molecule has 0 spiro atoms. The minimum Gasteiger partial charge on any atom is -0.385 e. The topological polar surface area (TPSA) is 101 Å². The van der Waals surface area contributed by atoms with Gasteiger partial charge in [0.25, 0.3) is 0 Å². The number of morpholine rings is 1. The highest BCUT2D eigenvalue weighted by atomic mass is 32.2. The molecule has 1 saturated heterocycles. The van der Waals surface area contributed by atoms with E-state index in [-0.39, 0.29) is 23.7 Å². The van der Waals surface area contributed by atoms with Crippen molar-refractivity contribution >= 4 is 28.6 Å². The number of ether oxygens (including phenoxy) is 2. The smallest absolute Gasteiger partial charge is 0.244 e. The van der Waals surface area contributed by atoms with Crippen molar-refractivity contribution in [1.29, 1.82) is 0 Å². The second-order valence-electron chi connectivity index (χ2n) is 11.7. The summed E-state index contributed by atoms with van der Waals surface area (Å²) >= 11 is 1.57. The Labute approximate surface area is 293 Å². The van der Waals surface area contributed by atoms with E-state index < -0.39 is 5.41 Å². The minimum atomic E-state index is -0.879. The van der Waals surface area contributed by atoms with Crippen LogP contribution in [0.1, 0.15) is 114 Å². The first kappa shape index (κ1) is 47.1. The molecule has 0 radical (unpaired) electrons. The largest absolute Gasteiger partial charge is 0.385 e. The van der Waals surface area contributed by atoms with E-state index in [1.807, 2.05) is 61.5 Å². The van der Waals surface area contributed by atoms with E-state index in [1.165, 1.54) is 30.3 Å². The highest BCUT2D eigenvalue weighted by Crippen LogP contribution is 2.27. The van der Waals surface area contributed by atoms with Crippen molar-refractivity contribution < 1.29 is 19.1 Å². The molecule has 1 fully saturated rings. The van der Waals surface area contributed by atoms with E-state index in [9.17, 15) is 9.59 Å². The number of allylic oxidation sites excluding steroid dienone is 4. The van der Waals surface area contributed by atoms with Gasteiger partial charge in [-0.2, -0.15) is 0 Å². The summed E-state index contributed by atoms with van der Waals surface area (Å²) < 4.78 is 10.6. The van der Waals surface area contributed by atoms with Gasteiger partial charge in [-0.25, -0.2) is 5.84 Å². The standard InChI is InChI=1S/C33H59N5O4S.2C2H6/c1-8-10-17-29(26-36-21-24-42-25-22-36)18-16-20-37(28(3)39)27-33(4,5)32(40)38(34)31(9-2)43-30(35-6)19-14-12-11-13-15-23-41-7;2*1-2/h8,10,16,18,20,31H,9,11-15,17,19,21-27,34H2,1-7H3;2*1-2H3/b10-8-,20-16+,29-18+,35-30?;;. The third-order valence-corrected chi connectivity index (χ3v) is 8.94. The highest BCUT2D eigenvalue weighted by Gasteiger charge is 2.36. The van der Waals surface area contributed by atoms with Gasteiger partial charge in [0.1, 0.15) is 0 Å². The maximum absolute atomic E-state index is 13.6.